The van der Waals surface area contributed by atoms with E-state index in [1.165, 1.54) is 18.0 Å². The van der Waals surface area contributed by atoms with Gasteiger partial charge in [-0.05, 0) is 42.4 Å². The van der Waals surface area contributed by atoms with Gasteiger partial charge in [0.25, 0.3) is 0 Å². The van der Waals surface area contributed by atoms with Crippen molar-refractivity contribution in [2.24, 2.45) is 11.5 Å². The van der Waals surface area contributed by atoms with Gasteiger partial charge in [-0.25, -0.2) is 4.79 Å². The molecule has 0 fully saturated rings. The van der Waals surface area contributed by atoms with Crippen LogP contribution in [0.2, 0.25) is 10.0 Å². The SMILES string of the molecule is CN1C(N)c2ccc(-c3cc(Cl)cc(Cl)c3)cc2N(OC(=O)C(F)(F)F)C1N. The summed E-state index contributed by atoms with van der Waals surface area (Å²) in [7, 11) is 1.50. The molecule has 0 radical (unpaired) electrons. The van der Waals surface area contributed by atoms with Gasteiger partial charge in [-0.2, -0.15) is 18.2 Å². The molecule has 1 heterocycles. The molecule has 1 aliphatic heterocycles. The molecule has 0 amide bonds. The number of carbonyl (C=O) groups excluding carboxylic acids is 1. The monoisotopic (exact) mass is 434 g/mol. The minimum Gasteiger partial charge on any atom is -0.329 e. The van der Waals surface area contributed by atoms with Crippen LogP contribution in [0.15, 0.2) is 36.4 Å². The molecule has 0 spiro atoms. The van der Waals surface area contributed by atoms with E-state index in [0.29, 0.717) is 31.8 Å². The number of carbonyl (C=O) groups is 1. The zero-order chi connectivity index (χ0) is 20.8. The number of nitrogens with zero attached hydrogens (tertiary/aromatic N) is 2. The van der Waals surface area contributed by atoms with E-state index in [1.807, 2.05) is 0 Å². The zero-order valence-electron chi connectivity index (χ0n) is 14.4. The fourth-order valence-corrected chi connectivity index (χ4v) is 3.35. The Labute approximate surface area is 168 Å². The Hall–Kier alpha value is -2.04. The fourth-order valence-electron chi connectivity index (χ4n) is 2.82. The van der Waals surface area contributed by atoms with E-state index in [0.717, 1.165) is 0 Å². The number of anilines is 1. The summed E-state index contributed by atoms with van der Waals surface area (Å²) in [5, 5.41) is 1.45. The number of nitrogens with two attached hydrogens (primary N) is 2. The molecule has 2 unspecified atom stereocenters. The largest absolute Gasteiger partial charge is 0.493 e. The first-order chi connectivity index (χ1) is 13.0. The first-order valence-corrected chi connectivity index (χ1v) is 8.66. The number of hydroxylamine groups is 1. The smallest absolute Gasteiger partial charge is 0.329 e. The summed E-state index contributed by atoms with van der Waals surface area (Å²) >= 11 is 12.0. The maximum Gasteiger partial charge on any atom is 0.493 e. The molecular formula is C17H15Cl2F3N4O2. The Morgan fingerprint density at radius 3 is 2.25 bits per heavy atom. The van der Waals surface area contributed by atoms with Gasteiger partial charge in [0.2, 0.25) is 0 Å². The maximum atomic E-state index is 12.7. The molecule has 1 aliphatic rings. The Morgan fingerprint density at radius 1 is 1.07 bits per heavy atom. The lowest BCUT2D eigenvalue weighted by atomic mass is 9.99. The molecule has 4 N–H and O–H groups in total. The van der Waals surface area contributed by atoms with Crippen LogP contribution in [0.5, 0.6) is 0 Å². The molecule has 2 aromatic rings. The van der Waals surface area contributed by atoms with Gasteiger partial charge < -0.3 is 10.6 Å². The van der Waals surface area contributed by atoms with Crippen LogP contribution in [0.3, 0.4) is 0 Å². The normalized spacial score (nSPS) is 20.1. The molecule has 11 heteroatoms. The van der Waals surface area contributed by atoms with Crippen molar-refractivity contribution in [3.63, 3.8) is 0 Å². The number of halogens is 5. The number of hydrogen-bond acceptors (Lipinski definition) is 6. The van der Waals surface area contributed by atoms with Gasteiger partial charge in [0.15, 0.2) is 6.29 Å². The molecule has 0 aromatic heterocycles. The third kappa shape index (κ3) is 3.89. The van der Waals surface area contributed by atoms with Gasteiger partial charge in [-0.15, -0.1) is 0 Å². The third-order valence-corrected chi connectivity index (χ3v) is 4.73. The van der Waals surface area contributed by atoms with Gasteiger partial charge in [-0.3, -0.25) is 10.6 Å². The van der Waals surface area contributed by atoms with E-state index in [-0.39, 0.29) is 5.69 Å². The Bertz CT molecular complexity index is 906. The second-order valence-electron chi connectivity index (χ2n) is 6.16. The fraction of sp³-hybridized carbons (Fsp3) is 0.235. The number of fused-ring (bicyclic) bond motifs is 1. The van der Waals surface area contributed by atoms with Crippen molar-refractivity contribution < 1.29 is 22.8 Å². The Morgan fingerprint density at radius 2 is 1.68 bits per heavy atom. The van der Waals surface area contributed by atoms with Crippen LogP contribution in [-0.2, 0) is 9.63 Å². The van der Waals surface area contributed by atoms with E-state index < -0.39 is 24.6 Å². The number of benzene rings is 2. The first kappa shape index (κ1) is 20.7. The van der Waals surface area contributed by atoms with Crippen LogP contribution >= 0.6 is 23.2 Å². The molecule has 2 aromatic carbocycles. The van der Waals surface area contributed by atoms with Gasteiger partial charge in [-0.1, -0.05) is 35.3 Å². The van der Waals surface area contributed by atoms with Crippen molar-refractivity contribution >= 4 is 34.9 Å². The molecule has 0 saturated heterocycles. The minimum atomic E-state index is -5.18. The lowest BCUT2D eigenvalue weighted by Gasteiger charge is -2.43. The molecule has 0 aliphatic carbocycles. The van der Waals surface area contributed by atoms with E-state index in [4.69, 9.17) is 34.7 Å². The molecule has 2 atom stereocenters. The van der Waals surface area contributed by atoms with Crippen LogP contribution in [0, 0.1) is 0 Å². The maximum absolute atomic E-state index is 12.7. The van der Waals surface area contributed by atoms with Crippen LogP contribution < -0.4 is 16.5 Å². The molecule has 6 nitrogen and oxygen atoms in total. The minimum absolute atomic E-state index is 0.129. The van der Waals surface area contributed by atoms with Gasteiger partial charge >= 0.3 is 12.1 Å². The number of alkyl halides is 3. The Kier molecular flexibility index (Phi) is 5.48. The van der Waals surface area contributed by atoms with E-state index in [9.17, 15) is 18.0 Å². The van der Waals surface area contributed by atoms with Gasteiger partial charge in [0.1, 0.15) is 0 Å². The van der Waals surface area contributed by atoms with Crippen molar-refractivity contribution in [3.8, 4) is 11.1 Å². The van der Waals surface area contributed by atoms with Crippen LogP contribution in [0.1, 0.15) is 11.7 Å². The average molecular weight is 435 g/mol. The van der Waals surface area contributed by atoms with Crippen LogP contribution in [0.4, 0.5) is 18.9 Å². The van der Waals surface area contributed by atoms with Crippen LogP contribution in [0.25, 0.3) is 11.1 Å². The summed E-state index contributed by atoms with van der Waals surface area (Å²) in [6.45, 7) is 0. The standard InChI is InChI=1S/C17H15Cl2F3N4O2/c1-25-14(23)12-3-2-8(9-4-10(18)7-11(19)5-9)6-13(12)26(16(25)24)28-15(27)17(20,21)22/h2-7,14,16H,23-24H2,1H3. The zero-order valence-corrected chi connectivity index (χ0v) is 15.9. The van der Waals surface area contributed by atoms with E-state index in [1.54, 1.807) is 30.3 Å². The first-order valence-electron chi connectivity index (χ1n) is 7.91. The number of hydrogen-bond donors (Lipinski definition) is 2. The van der Waals surface area contributed by atoms with Crippen molar-refractivity contribution in [2.75, 3.05) is 12.1 Å². The van der Waals surface area contributed by atoms with Crippen molar-refractivity contribution in [2.45, 2.75) is 18.6 Å². The van der Waals surface area contributed by atoms with Crippen LogP contribution in [-0.4, -0.2) is 30.4 Å². The molecule has 3 rings (SSSR count). The highest BCUT2D eigenvalue weighted by molar-refractivity contribution is 6.35. The quantitative estimate of drug-likeness (QED) is 0.750. The summed E-state index contributed by atoms with van der Waals surface area (Å²) in [5.74, 6) is -2.39. The molecule has 0 bridgehead atoms. The highest BCUT2D eigenvalue weighted by Gasteiger charge is 2.45. The second kappa shape index (κ2) is 7.41. The van der Waals surface area contributed by atoms with E-state index in [2.05, 4.69) is 4.84 Å². The topological polar surface area (TPSA) is 84.8 Å². The van der Waals surface area contributed by atoms with Crippen molar-refractivity contribution in [1.82, 2.24) is 4.90 Å². The average Bonchev–Trinajstić information content (AvgIpc) is 2.61. The molecule has 150 valence electrons. The lowest BCUT2D eigenvalue weighted by molar-refractivity contribution is -0.204. The summed E-state index contributed by atoms with van der Waals surface area (Å²) in [5.41, 5.74) is 13.8. The highest BCUT2D eigenvalue weighted by atomic mass is 35.5. The molecular weight excluding hydrogens is 420 g/mol. The summed E-state index contributed by atoms with van der Waals surface area (Å²) < 4.78 is 38.1. The lowest BCUT2D eigenvalue weighted by Crippen LogP contribution is -2.60. The third-order valence-electron chi connectivity index (χ3n) is 4.29. The predicted octanol–water partition coefficient (Wildman–Crippen LogP) is 3.63. The molecule has 0 saturated carbocycles. The number of rotatable bonds is 2. The summed E-state index contributed by atoms with van der Waals surface area (Å²) in [6, 6.07) is 9.64. The summed E-state index contributed by atoms with van der Waals surface area (Å²) in [4.78, 5) is 17.3. The van der Waals surface area contributed by atoms with Gasteiger partial charge in [0, 0.05) is 15.6 Å². The van der Waals surface area contributed by atoms with E-state index >= 15 is 0 Å². The highest BCUT2D eigenvalue weighted by Crippen LogP contribution is 2.38. The summed E-state index contributed by atoms with van der Waals surface area (Å²) in [6.07, 6.45) is -7.13. The Balaban J connectivity index is 2.09. The van der Waals surface area contributed by atoms with Gasteiger partial charge in [0.05, 0.1) is 11.9 Å². The van der Waals surface area contributed by atoms with Crippen molar-refractivity contribution in [1.29, 1.82) is 0 Å². The molecule has 28 heavy (non-hydrogen) atoms. The van der Waals surface area contributed by atoms with Crippen molar-refractivity contribution in [3.05, 3.63) is 52.0 Å². The second-order valence-corrected chi connectivity index (χ2v) is 7.03. The predicted molar refractivity (Wildman–Crippen MR) is 99.2 cm³/mol.